The number of carbonyl (C=O) groups is 1. The zero-order chi connectivity index (χ0) is 24.0. The van der Waals surface area contributed by atoms with Gasteiger partial charge in [0.05, 0.1) is 11.7 Å². The lowest BCUT2D eigenvalue weighted by Gasteiger charge is -2.12. The first-order chi connectivity index (χ1) is 17.2. The molecule has 35 heavy (non-hydrogen) atoms. The highest BCUT2D eigenvalue weighted by Gasteiger charge is 2.10. The van der Waals surface area contributed by atoms with Crippen molar-refractivity contribution in [2.24, 2.45) is 0 Å². The fourth-order valence-electron chi connectivity index (χ4n) is 3.59. The second-order valence-electron chi connectivity index (χ2n) is 7.66. The second kappa shape index (κ2) is 9.68. The first-order valence-corrected chi connectivity index (χ1v) is 10.8. The smallest absolute Gasteiger partial charge is 0.255 e. The molecule has 8 nitrogen and oxygen atoms in total. The van der Waals surface area contributed by atoms with Crippen LogP contribution in [-0.2, 0) is 0 Å². The molecule has 2 aromatic carbocycles. The number of benzene rings is 2. The van der Waals surface area contributed by atoms with Gasteiger partial charge in [0.15, 0.2) is 0 Å². The summed E-state index contributed by atoms with van der Waals surface area (Å²) < 4.78 is 0. The van der Waals surface area contributed by atoms with E-state index in [9.17, 15) is 10.1 Å². The first kappa shape index (κ1) is 21.6. The van der Waals surface area contributed by atoms with Gasteiger partial charge in [0.25, 0.3) is 5.91 Å². The Morgan fingerprint density at radius 3 is 2.37 bits per heavy atom. The Morgan fingerprint density at radius 1 is 0.771 bits per heavy atom. The number of nitrogens with zero attached hydrogens (tertiary/aromatic N) is 4. The van der Waals surface area contributed by atoms with E-state index >= 15 is 0 Å². The Morgan fingerprint density at radius 2 is 1.54 bits per heavy atom. The number of fused-ring (bicyclic) bond motifs is 1. The Kier molecular flexibility index (Phi) is 5.96. The van der Waals surface area contributed by atoms with E-state index in [1.807, 2.05) is 60.7 Å². The van der Waals surface area contributed by atoms with E-state index in [0.717, 1.165) is 28.1 Å². The number of amides is 1. The maximum atomic E-state index is 13.0. The Bertz CT molecular complexity index is 1560. The second-order valence-corrected chi connectivity index (χ2v) is 7.66. The van der Waals surface area contributed by atoms with E-state index in [1.54, 1.807) is 43.0 Å². The van der Waals surface area contributed by atoms with Crippen LogP contribution in [-0.4, -0.2) is 20.9 Å². The summed E-state index contributed by atoms with van der Waals surface area (Å²) in [4.78, 5) is 25.3. The van der Waals surface area contributed by atoms with Crippen molar-refractivity contribution in [3.05, 3.63) is 109 Å². The number of nitriles is 1. The Hall–Kier alpha value is -5.29. The van der Waals surface area contributed by atoms with Crippen LogP contribution in [0.1, 0.15) is 16.1 Å². The maximum absolute atomic E-state index is 13.0. The zero-order valence-electron chi connectivity index (χ0n) is 18.4. The minimum Gasteiger partial charge on any atom is -0.355 e. The zero-order valence-corrected chi connectivity index (χ0v) is 18.4. The molecule has 5 aromatic rings. The van der Waals surface area contributed by atoms with Gasteiger partial charge in [0, 0.05) is 58.0 Å². The number of carbonyl (C=O) groups excluding carboxylic acids is 1. The molecule has 3 N–H and O–H groups in total. The van der Waals surface area contributed by atoms with Crippen LogP contribution in [0, 0.1) is 11.3 Å². The number of hydrogen-bond donors (Lipinski definition) is 3. The van der Waals surface area contributed by atoms with Gasteiger partial charge in [0.1, 0.15) is 11.8 Å². The molecule has 0 atom stereocenters. The summed E-state index contributed by atoms with van der Waals surface area (Å²) >= 11 is 0. The van der Waals surface area contributed by atoms with E-state index in [-0.39, 0.29) is 5.91 Å². The highest BCUT2D eigenvalue weighted by Crippen LogP contribution is 2.26. The molecule has 3 heterocycles. The highest BCUT2D eigenvalue weighted by atomic mass is 16.1. The van der Waals surface area contributed by atoms with E-state index < -0.39 is 0 Å². The summed E-state index contributed by atoms with van der Waals surface area (Å²) in [6.45, 7) is 0. The van der Waals surface area contributed by atoms with Crippen LogP contribution in [0.4, 0.5) is 28.4 Å². The molecule has 0 radical (unpaired) electrons. The molecule has 0 aliphatic rings. The average molecular weight is 457 g/mol. The predicted octanol–water partition coefficient (Wildman–Crippen LogP) is 5.64. The van der Waals surface area contributed by atoms with Crippen LogP contribution in [0.2, 0.25) is 0 Å². The standard InChI is InChI=1S/C27H19N7O/c28-16-23-15-24-25(9-12-30-26(24)17-31-23)33-20-4-1-3-18(13-20)27(35)34-22-6-2-5-21(14-22)32-19-7-10-29-11-8-19/h1-15,17H,(H,29,32)(H,30,33)(H,34,35). The minimum absolute atomic E-state index is 0.231. The van der Waals surface area contributed by atoms with Gasteiger partial charge in [-0.05, 0) is 60.7 Å². The van der Waals surface area contributed by atoms with E-state index in [4.69, 9.17) is 0 Å². The van der Waals surface area contributed by atoms with Crippen molar-refractivity contribution in [3.8, 4) is 6.07 Å². The van der Waals surface area contributed by atoms with Gasteiger partial charge in [0.2, 0.25) is 0 Å². The molecular formula is C27H19N7O. The minimum atomic E-state index is -0.231. The molecular weight excluding hydrogens is 438 g/mol. The van der Waals surface area contributed by atoms with Gasteiger partial charge in [-0.3, -0.25) is 14.8 Å². The lowest BCUT2D eigenvalue weighted by atomic mass is 10.1. The summed E-state index contributed by atoms with van der Waals surface area (Å²) in [6.07, 6.45) is 6.66. The van der Waals surface area contributed by atoms with Crippen LogP contribution in [0.5, 0.6) is 0 Å². The topological polar surface area (TPSA) is 116 Å². The monoisotopic (exact) mass is 457 g/mol. The molecule has 0 saturated heterocycles. The van der Waals surface area contributed by atoms with Crippen LogP contribution < -0.4 is 16.0 Å². The Labute approximate surface area is 201 Å². The van der Waals surface area contributed by atoms with Crippen molar-refractivity contribution in [1.29, 1.82) is 5.26 Å². The maximum Gasteiger partial charge on any atom is 0.255 e. The molecule has 5 rings (SSSR count). The Balaban J connectivity index is 1.33. The fraction of sp³-hybridized carbons (Fsp3) is 0. The van der Waals surface area contributed by atoms with Gasteiger partial charge in [-0.2, -0.15) is 5.26 Å². The normalized spacial score (nSPS) is 10.4. The largest absolute Gasteiger partial charge is 0.355 e. The van der Waals surface area contributed by atoms with Gasteiger partial charge in [-0.1, -0.05) is 12.1 Å². The van der Waals surface area contributed by atoms with Crippen molar-refractivity contribution in [1.82, 2.24) is 15.0 Å². The van der Waals surface area contributed by atoms with Crippen molar-refractivity contribution in [3.63, 3.8) is 0 Å². The van der Waals surface area contributed by atoms with Gasteiger partial charge in [-0.15, -0.1) is 0 Å². The summed E-state index contributed by atoms with van der Waals surface area (Å²) in [7, 11) is 0. The lowest BCUT2D eigenvalue weighted by Crippen LogP contribution is -2.12. The molecule has 0 saturated carbocycles. The number of pyridine rings is 3. The number of aromatic nitrogens is 3. The van der Waals surface area contributed by atoms with Crippen LogP contribution in [0.15, 0.2) is 97.6 Å². The molecule has 0 fully saturated rings. The molecule has 0 unspecified atom stereocenters. The number of nitrogens with one attached hydrogen (secondary N) is 3. The molecule has 0 aliphatic carbocycles. The molecule has 3 aromatic heterocycles. The highest BCUT2D eigenvalue weighted by molar-refractivity contribution is 6.05. The van der Waals surface area contributed by atoms with Crippen molar-refractivity contribution in [2.45, 2.75) is 0 Å². The SMILES string of the molecule is N#Cc1cc2c(Nc3cccc(C(=O)Nc4cccc(Nc5ccncc5)c4)c3)ccnc2cn1. The third kappa shape index (κ3) is 5.05. The van der Waals surface area contributed by atoms with Crippen LogP contribution in [0.25, 0.3) is 10.9 Å². The molecule has 8 heteroatoms. The summed E-state index contributed by atoms with van der Waals surface area (Å²) in [6, 6.07) is 24.0. The first-order valence-electron chi connectivity index (χ1n) is 10.8. The number of anilines is 5. The summed E-state index contributed by atoms with van der Waals surface area (Å²) in [5.41, 5.74) is 5.40. The summed E-state index contributed by atoms with van der Waals surface area (Å²) in [5.74, 6) is -0.231. The van der Waals surface area contributed by atoms with Crippen LogP contribution in [0.3, 0.4) is 0 Å². The number of hydrogen-bond acceptors (Lipinski definition) is 7. The predicted molar refractivity (Wildman–Crippen MR) is 136 cm³/mol. The molecule has 1 amide bonds. The average Bonchev–Trinajstić information content (AvgIpc) is 2.89. The van der Waals surface area contributed by atoms with E-state index in [2.05, 4.69) is 30.9 Å². The fourth-order valence-corrected chi connectivity index (χ4v) is 3.59. The van der Waals surface area contributed by atoms with Crippen molar-refractivity contribution in [2.75, 3.05) is 16.0 Å². The van der Waals surface area contributed by atoms with Crippen molar-refractivity contribution < 1.29 is 4.79 Å². The van der Waals surface area contributed by atoms with Gasteiger partial charge >= 0.3 is 0 Å². The molecule has 0 spiro atoms. The van der Waals surface area contributed by atoms with Gasteiger partial charge in [-0.25, -0.2) is 4.98 Å². The molecule has 168 valence electrons. The quantitative estimate of drug-likeness (QED) is 0.302. The molecule has 0 bridgehead atoms. The lowest BCUT2D eigenvalue weighted by molar-refractivity contribution is 0.102. The van der Waals surface area contributed by atoms with E-state index in [0.29, 0.717) is 22.5 Å². The third-order valence-corrected chi connectivity index (χ3v) is 5.24. The van der Waals surface area contributed by atoms with Crippen molar-refractivity contribution >= 4 is 45.2 Å². The van der Waals surface area contributed by atoms with E-state index in [1.165, 1.54) is 0 Å². The van der Waals surface area contributed by atoms with Gasteiger partial charge < -0.3 is 16.0 Å². The third-order valence-electron chi connectivity index (χ3n) is 5.24. The van der Waals surface area contributed by atoms with Crippen LogP contribution >= 0.6 is 0 Å². The number of rotatable bonds is 6. The molecule has 0 aliphatic heterocycles. The summed E-state index contributed by atoms with van der Waals surface area (Å²) in [5, 5.41) is 19.5.